The molecule has 3 aliphatic carbocycles. The van der Waals surface area contributed by atoms with Crippen LogP contribution >= 0.6 is 0 Å². The predicted molar refractivity (Wildman–Crippen MR) is 65.4 cm³/mol. The molecule has 0 heterocycles. The molecule has 2 fully saturated rings. The number of hydrogen-bond acceptors (Lipinski definition) is 2. The maximum atomic E-state index is 11.9. The zero-order valence-corrected chi connectivity index (χ0v) is 10.7. The highest BCUT2D eigenvalue weighted by Gasteiger charge is 2.65. The Hall–Kier alpha value is -1.18. The topological polar surface area (TPSA) is 34.1 Å². The van der Waals surface area contributed by atoms with Crippen molar-refractivity contribution in [3.63, 3.8) is 0 Å². The van der Waals surface area contributed by atoms with Crippen molar-refractivity contribution in [1.82, 2.24) is 0 Å². The van der Waals surface area contributed by atoms with Gasteiger partial charge in [-0.3, -0.25) is 9.59 Å². The fraction of sp³-hybridized carbons (Fsp3) is 0.600. The monoisotopic (exact) mass is 230 g/mol. The normalized spacial score (nSPS) is 42.4. The van der Waals surface area contributed by atoms with Crippen LogP contribution in [0.5, 0.6) is 0 Å². The molecule has 2 atom stereocenters. The first-order valence-electron chi connectivity index (χ1n) is 6.27. The molecule has 17 heavy (non-hydrogen) atoms. The molecule has 1 spiro atoms. The Labute approximate surface area is 102 Å². The second-order valence-corrected chi connectivity index (χ2v) is 6.78. The Morgan fingerprint density at radius 1 is 1.12 bits per heavy atom. The third-order valence-electron chi connectivity index (χ3n) is 5.00. The molecule has 0 N–H and O–H groups in total. The summed E-state index contributed by atoms with van der Waals surface area (Å²) in [4.78, 5) is 23.5. The SMILES string of the molecule is CC1(C)CC2(C)CC(=O)CC23C=CC(=O)C=C13. The summed E-state index contributed by atoms with van der Waals surface area (Å²) < 4.78 is 0. The molecule has 0 aromatic rings. The molecule has 0 aromatic heterocycles. The first kappa shape index (κ1) is 10.9. The van der Waals surface area contributed by atoms with Crippen molar-refractivity contribution in [3.05, 3.63) is 23.8 Å². The smallest absolute Gasteiger partial charge is 0.178 e. The van der Waals surface area contributed by atoms with Crippen LogP contribution in [0.2, 0.25) is 0 Å². The standard InChI is InChI=1S/C15H18O2/c1-13(2)9-14(3)7-11(17)8-15(14)5-4-10(16)6-12(13)15/h4-6H,7-9H2,1-3H3. The highest BCUT2D eigenvalue weighted by atomic mass is 16.1. The quantitative estimate of drug-likeness (QED) is 0.641. The number of rotatable bonds is 0. The van der Waals surface area contributed by atoms with Crippen molar-refractivity contribution < 1.29 is 9.59 Å². The molecular weight excluding hydrogens is 212 g/mol. The molecule has 0 radical (unpaired) electrons. The van der Waals surface area contributed by atoms with E-state index >= 15 is 0 Å². The summed E-state index contributed by atoms with van der Waals surface area (Å²) >= 11 is 0. The Bertz CT molecular complexity index is 495. The van der Waals surface area contributed by atoms with E-state index in [4.69, 9.17) is 0 Å². The van der Waals surface area contributed by atoms with E-state index in [1.807, 2.05) is 6.08 Å². The van der Waals surface area contributed by atoms with Gasteiger partial charge in [-0.2, -0.15) is 0 Å². The molecule has 2 saturated carbocycles. The van der Waals surface area contributed by atoms with E-state index < -0.39 is 0 Å². The van der Waals surface area contributed by atoms with Crippen molar-refractivity contribution in [3.8, 4) is 0 Å². The molecule has 90 valence electrons. The number of carbonyl (C=O) groups excluding carboxylic acids is 2. The molecule has 0 aliphatic heterocycles. The molecule has 0 saturated heterocycles. The van der Waals surface area contributed by atoms with E-state index in [1.54, 1.807) is 12.2 Å². The van der Waals surface area contributed by atoms with Crippen LogP contribution in [0.1, 0.15) is 40.0 Å². The second kappa shape index (κ2) is 2.80. The van der Waals surface area contributed by atoms with Gasteiger partial charge in [-0.15, -0.1) is 0 Å². The average molecular weight is 230 g/mol. The van der Waals surface area contributed by atoms with E-state index in [9.17, 15) is 9.59 Å². The second-order valence-electron chi connectivity index (χ2n) is 6.78. The van der Waals surface area contributed by atoms with Gasteiger partial charge in [-0.1, -0.05) is 26.8 Å². The first-order valence-corrected chi connectivity index (χ1v) is 6.27. The van der Waals surface area contributed by atoms with Crippen molar-refractivity contribution in [2.24, 2.45) is 16.2 Å². The molecule has 0 amide bonds. The van der Waals surface area contributed by atoms with Gasteiger partial charge < -0.3 is 0 Å². The van der Waals surface area contributed by atoms with E-state index in [2.05, 4.69) is 20.8 Å². The summed E-state index contributed by atoms with van der Waals surface area (Å²) in [6, 6.07) is 0. The zero-order valence-electron chi connectivity index (χ0n) is 10.7. The Morgan fingerprint density at radius 3 is 2.53 bits per heavy atom. The lowest BCUT2D eigenvalue weighted by Crippen LogP contribution is -2.31. The van der Waals surface area contributed by atoms with Crippen LogP contribution in [-0.2, 0) is 9.59 Å². The van der Waals surface area contributed by atoms with Gasteiger partial charge in [0.25, 0.3) is 0 Å². The van der Waals surface area contributed by atoms with Gasteiger partial charge >= 0.3 is 0 Å². The van der Waals surface area contributed by atoms with E-state index in [1.165, 1.54) is 5.57 Å². The summed E-state index contributed by atoms with van der Waals surface area (Å²) in [6.07, 6.45) is 7.69. The molecule has 2 nitrogen and oxygen atoms in total. The number of Topliss-reactive ketones (excluding diaryl/α,β-unsaturated/α-hetero) is 1. The minimum atomic E-state index is -0.165. The summed E-state index contributed by atoms with van der Waals surface area (Å²) in [7, 11) is 0. The number of hydrogen-bond donors (Lipinski definition) is 0. The molecular formula is C15H18O2. The van der Waals surface area contributed by atoms with Crippen molar-refractivity contribution in [2.75, 3.05) is 0 Å². The van der Waals surface area contributed by atoms with Crippen LogP contribution in [0.3, 0.4) is 0 Å². The number of allylic oxidation sites excluding steroid dienone is 4. The highest BCUT2D eigenvalue weighted by Crippen LogP contribution is 2.71. The molecule has 2 heteroatoms. The molecule has 0 aromatic carbocycles. The third-order valence-corrected chi connectivity index (χ3v) is 5.00. The van der Waals surface area contributed by atoms with Gasteiger partial charge in [0.15, 0.2) is 5.78 Å². The average Bonchev–Trinajstić information content (AvgIpc) is 2.49. The van der Waals surface area contributed by atoms with Crippen LogP contribution in [0.4, 0.5) is 0 Å². The molecule has 3 rings (SSSR count). The highest BCUT2D eigenvalue weighted by molar-refractivity contribution is 6.02. The largest absolute Gasteiger partial charge is 0.300 e. The fourth-order valence-corrected chi connectivity index (χ4v) is 4.58. The van der Waals surface area contributed by atoms with Gasteiger partial charge in [0.2, 0.25) is 0 Å². The van der Waals surface area contributed by atoms with E-state index in [0.717, 1.165) is 6.42 Å². The van der Waals surface area contributed by atoms with E-state index in [-0.39, 0.29) is 22.0 Å². The Kier molecular flexibility index (Phi) is 1.80. The van der Waals surface area contributed by atoms with Crippen LogP contribution in [0.15, 0.2) is 23.8 Å². The van der Waals surface area contributed by atoms with Gasteiger partial charge in [-0.25, -0.2) is 0 Å². The predicted octanol–water partition coefficient (Wildman–Crippen LogP) is 2.84. The van der Waals surface area contributed by atoms with Gasteiger partial charge in [0, 0.05) is 18.3 Å². The minimum absolute atomic E-state index is 0.0105. The van der Waals surface area contributed by atoms with Crippen LogP contribution in [-0.4, -0.2) is 11.6 Å². The number of ketones is 2. The lowest BCUT2D eigenvalue weighted by molar-refractivity contribution is -0.118. The number of carbonyl (C=O) groups is 2. The molecule has 0 bridgehead atoms. The van der Waals surface area contributed by atoms with Crippen molar-refractivity contribution >= 4 is 11.6 Å². The summed E-state index contributed by atoms with van der Waals surface area (Å²) in [5, 5.41) is 0. The summed E-state index contributed by atoms with van der Waals surface area (Å²) in [5.41, 5.74) is 1.07. The van der Waals surface area contributed by atoms with Crippen LogP contribution in [0, 0.1) is 16.2 Å². The summed E-state index contributed by atoms with van der Waals surface area (Å²) in [6.45, 7) is 6.60. The minimum Gasteiger partial charge on any atom is -0.300 e. The van der Waals surface area contributed by atoms with Crippen molar-refractivity contribution in [1.29, 1.82) is 0 Å². The van der Waals surface area contributed by atoms with Crippen LogP contribution < -0.4 is 0 Å². The van der Waals surface area contributed by atoms with Gasteiger partial charge in [0.1, 0.15) is 5.78 Å². The Morgan fingerprint density at radius 2 is 1.82 bits per heavy atom. The zero-order chi connectivity index (χ0) is 12.5. The van der Waals surface area contributed by atoms with E-state index in [0.29, 0.717) is 18.6 Å². The Balaban J connectivity index is 2.24. The molecule has 2 unspecified atom stereocenters. The third kappa shape index (κ3) is 1.16. The van der Waals surface area contributed by atoms with Gasteiger partial charge in [-0.05, 0) is 35.0 Å². The lowest BCUT2D eigenvalue weighted by atomic mass is 9.65. The fourth-order valence-electron chi connectivity index (χ4n) is 4.58. The summed E-state index contributed by atoms with van der Waals surface area (Å²) in [5.74, 6) is 0.412. The van der Waals surface area contributed by atoms with Gasteiger partial charge in [0.05, 0.1) is 0 Å². The maximum Gasteiger partial charge on any atom is 0.178 e. The lowest BCUT2D eigenvalue weighted by Gasteiger charge is -2.37. The van der Waals surface area contributed by atoms with Crippen LogP contribution in [0.25, 0.3) is 0 Å². The van der Waals surface area contributed by atoms with Crippen molar-refractivity contribution in [2.45, 2.75) is 40.0 Å². The maximum absolute atomic E-state index is 11.9. The molecule has 3 aliphatic rings. The first-order chi connectivity index (χ1) is 7.79.